The Labute approximate surface area is 113 Å². The van der Waals surface area contributed by atoms with Gasteiger partial charge in [-0.3, -0.25) is 4.79 Å². The number of hydrogen-bond donors (Lipinski definition) is 1. The monoisotopic (exact) mass is 263 g/mol. The van der Waals surface area contributed by atoms with Gasteiger partial charge in [0, 0.05) is 12.8 Å². The lowest BCUT2D eigenvalue weighted by molar-refractivity contribution is -0.121. The number of hydrogen-bond acceptors (Lipinski definition) is 4. The van der Waals surface area contributed by atoms with Gasteiger partial charge in [0.1, 0.15) is 5.54 Å². The van der Waals surface area contributed by atoms with Gasteiger partial charge in [0.05, 0.1) is 0 Å². The van der Waals surface area contributed by atoms with Gasteiger partial charge in [0.2, 0.25) is 11.8 Å². The Morgan fingerprint density at radius 2 is 2.05 bits per heavy atom. The van der Waals surface area contributed by atoms with Crippen LogP contribution in [0.15, 0.2) is 4.52 Å². The van der Waals surface area contributed by atoms with Crippen LogP contribution in [-0.4, -0.2) is 16.0 Å². The maximum Gasteiger partial charge on any atom is 0.230 e. The first-order chi connectivity index (χ1) is 9.11. The highest BCUT2D eigenvalue weighted by Gasteiger charge is 2.43. The molecule has 0 bridgehead atoms. The Morgan fingerprint density at radius 1 is 1.37 bits per heavy atom. The van der Waals surface area contributed by atoms with Crippen LogP contribution >= 0.6 is 0 Å². The summed E-state index contributed by atoms with van der Waals surface area (Å²) in [6.45, 7) is 3.75. The molecule has 2 aliphatic rings. The topological polar surface area (TPSA) is 68.0 Å². The third-order valence-corrected chi connectivity index (χ3v) is 4.42. The summed E-state index contributed by atoms with van der Waals surface area (Å²) >= 11 is 0. The average molecular weight is 263 g/mol. The number of carbonyl (C=O) groups excluding carboxylic acids is 1. The van der Waals surface area contributed by atoms with E-state index in [1.807, 2.05) is 0 Å². The smallest absolute Gasteiger partial charge is 0.230 e. The Hall–Kier alpha value is -1.39. The van der Waals surface area contributed by atoms with Crippen molar-refractivity contribution in [1.82, 2.24) is 15.5 Å². The lowest BCUT2D eigenvalue weighted by Gasteiger charge is -2.34. The molecule has 19 heavy (non-hydrogen) atoms. The minimum absolute atomic E-state index is 0.0203. The van der Waals surface area contributed by atoms with Crippen molar-refractivity contribution >= 4 is 5.91 Å². The molecule has 0 radical (unpaired) electrons. The van der Waals surface area contributed by atoms with E-state index in [2.05, 4.69) is 22.4 Å². The van der Waals surface area contributed by atoms with Gasteiger partial charge < -0.3 is 9.84 Å². The molecule has 1 amide bonds. The van der Waals surface area contributed by atoms with Gasteiger partial charge in [-0.05, 0) is 25.2 Å². The number of amides is 1. The van der Waals surface area contributed by atoms with Crippen molar-refractivity contribution in [2.75, 3.05) is 0 Å². The minimum atomic E-state index is -0.399. The Balaban J connectivity index is 1.86. The molecule has 3 rings (SSSR count). The number of aromatic nitrogens is 2. The second kappa shape index (κ2) is 4.62. The van der Waals surface area contributed by atoms with Crippen molar-refractivity contribution in [1.29, 1.82) is 0 Å². The standard InChI is InChI=1S/C14H21N3O2/c1-9-8-11(9)12-15-13(17-19-12)14(16-10(2)18)6-4-3-5-7-14/h9,11H,3-8H2,1-2H3,(H,16,18). The summed E-state index contributed by atoms with van der Waals surface area (Å²) in [6, 6.07) is 0. The van der Waals surface area contributed by atoms with Crippen molar-refractivity contribution in [3.8, 4) is 0 Å². The maximum atomic E-state index is 11.5. The fourth-order valence-corrected chi connectivity index (χ4v) is 3.14. The third kappa shape index (κ3) is 2.38. The van der Waals surface area contributed by atoms with E-state index in [1.54, 1.807) is 6.92 Å². The second-order valence-corrected chi connectivity index (χ2v) is 6.10. The molecule has 2 saturated carbocycles. The van der Waals surface area contributed by atoms with Crippen molar-refractivity contribution in [3.05, 3.63) is 11.7 Å². The number of carbonyl (C=O) groups is 1. The fourth-order valence-electron chi connectivity index (χ4n) is 3.14. The number of nitrogens with zero attached hydrogens (tertiary/aromatic N) is 2. The molecule has 2 aliphatic carbocycles. The summed E-state index contributed by atoms with van der Waals surface area (Å²) in [5, 5.41) is 7.23. The molecule has 5 nitrogen and oxygen atoms in total. The predicted molar refractivity (Wildman–Crippen MR) is 69.4 cm³/mol. The van der Waals surface area contributed by atoms with E-state index in [0.29, 0.717) is 17.7 Å². The van der Waals surface area contributed by atoms with Crippen LogP contribution in [0.25, 0.3) is 0 Å². The molecule has 2 atom stereocenters. The molecule has 5 heteroatoms. The van der Waals surface area contributed by atoms with Crippen LogP contribution in [0.4, 0.5) is 0 Å². The molecule has 2 unspecified atom stereocenters. The number of rotatable bonds is 3. The van der Waals surface area contributed by atoms with Crippen molar-refractivity contribution in [3.63, 3.8) is 0 Å². The first-order valence-electron chi connectivity index (χ1n) is 7.23. The van der Waals surface area contributed by atoms with Crippen molar-refractivity contribution in [2.24, 2.45) is 5.92 Å². The van der Waals surface area contributed by atoms with Crippen molar-refractivity contribution in [2.45, 2.75) is 63.8 Å². The summed E-state index contributed by atoms with van der Waals surface area (Å²) in [6.07, 6.45) is 6.37. The van der Waals surface area contributed by atoms with Crippen LogP contribution in [0.1, 0.15) is 70.0 Å². The molecule has 0 aliphatic heterocycles. The Kier molecular flexibility index (Phi) is 3.07. The largest absolute Gasteiger partial charge is 0.343 e. The van der Waals surface area contributed by atoms with E-state index >= 15 is 0 Å². The van der Waals surface area contributed by atoms with E-state index in [0.717, 1.165) is 38.0 Å². The van der Waals surface area contributed by atoms with Crippen LogP contribution in [0.5, 0.6) is 0 Å². The zero-order valence-electron chi connectivity index (χ0n) is 11.6. The molecule has 1 aromatic rings. The van der Waals surface area contributed by atoms with Gasteiger partial charge in [-0.25, -0.2) is 0 Å². The van der Waals surface area contributed by atoms with Crippen LogP contribution in [0.3, 0.4) is 0 Å². The fraction of sp³-hybridized carbons (Fsp3) is 0.786. The normalized spacial score (nSPS) is 28.9. The summed E-state index contributed by atoms with van der Waals surface area (Å²) < 4.78 is 5.41. The molecule has 0 saturated heterocycles. The van der Waals surface area contributed by atoms with E-state index < -0.39 is 5.54 Å². The van der Waals surface area contributed by atoms with E-state index in [9.17, 15) is 4.79 Å². The highest BCUT2D eigenvalue weighted by molar-refractivity contribution is 5.74. The predicted octanol–water partition coefficient (Wildman–Crippen LogP) is 2.49. The van der Waals surface area contributed by atoms with E-state index in [4.69, 9.17) is 4.52 Å². The molecule has 1 N–H and O–H groups in total. The first-order valence-corrected chi connectivity index (χ1v) is 7.23. The summed E-state index contributed by atoms with van der Waals surface area (Å²) in [7, 11) is 0. The molecule has 0 spiro atoms. The zero-order chi connectivity index (χ0) is 13.5. The van der Waals surface area contributed by atoms with Crippen molar-refractivity contribution < 1.29 is 9.32 Å². The summed E-state index contributed by atoms with van der Waals surface area (Å²) in [5.74, 6) is 2.48. The average Bonchev–Trinajstić information content (AvgIpc) is 2.92. The zero-order valence-corrected chi connectivity index (χ0v) is 11.6. The molecule has 2 fully saturated rings. The molecule has 1 aromatic heterocycles. The Bertz CT molecular complexity index is 477. The lowest BCUT2D eigenvalue weighted by atomic mass is 9.81. The van der Waals surface area contributed by atoms with Crippen LogP contribution in [0.2, 0.25) is 0 Å². The molecular formula is C14H21N3O2. The van der Waals surface area contributed by atoms with E-state index in [-0.39, 0.29) is 5.91 Å². The van der Waals surface area contributed by atoms with Gasteiger partial charge >= 0.3 is 0 Å². The molecule has 1 heterocycles. The van der Waals surface area contributed by atoms with E-state index in [1.165, 1.54) is 6.42 Å². The van der Waals surface area contributed by atoms with Crippen LogP contribution < -0.4 is 5.32 Å². The third-order valence-electron chi connectivity index (χ3n) is 4.42. The van der Waals surface area contributed by atoms with Gasteiger partial charge in [-0.15, -0.1) is 0 Å². The van der Waals surface area contributed by atoms with Crippen LogP contribution in [-0.2, 0) is 10.3 Å². The highest BCUT2D eigenvalue weighted by atomic mass is 16.5. The molecule has 104 valence electrons. The van der Waals surface area contributed by atoms with Gasteiger partial charge in [-0.1, -0.05) is 31.3 Å². The number of nitrogens with one attached hydrogen (secondary N) is 1. The summed E-state index contributed by atoms with van der Waals surface area (Å²) in [5.41, 5.74) is -0.399. The van der Waals surface area contributed by atoms with Gasteiger partial charge in [0.25, 0.3) is 0 Å². The summed E-state index contributed by atoms with van der Waals surface area (Å²) in [4.78, 5) is 16.1. The maximum absolute atomic E-state index is 11.5. The molecular weight excluding hydrogens is 242 g/mol. The first kappa shape index (κ1) is 12.6. The quantitative estimate of drug-likeness (QED) is 0.909. The van der Waals surface area contributed by atoms with Gasteiger partial charge in [0.15, 0.2) is 5.82 Å². The van der Waals surface area contributed by atoms with Gasteiger partial charge in [-0.2, -0.15) is 4.98 Å². The highest BCUT2D eigenvalue weighted by Crippen LogP contribution is 2.47. The Morgan fingerprint density at radius 3 is 2.63 bits per heavy atom. The molecule has 0 aromatic carbocycles. The lowest BCUT2D eigenvalue weighted by Crippen LogP contribution is -2.47. The SMILES string of the molecule is CC(=O)NC1(c2noc(C3CC3C)n2)CCCCC1. The van der Waals surface area contributed by atoms with Crippen LogP contribution in [0, 0.1) is 5.92 Å². The second-order valence-electron chi connectivity index (χ2n) is 6.10. The minimum Gasteiger partial charge on any atom is -0.343 e.